The van der Waals surface area contributed by atoms with E-state index in [1.165, 1.54) is 0 Å². The first-order valence-electron chi connectivity index (χ1n) is 5.61. The monoisotopic (exact) mass is 199 g/mol. The first-order valence-corrected chi connectivity index (χ1v) is 5.61. The molecule has 1 aliphatic rings. The fourth-order valence-electron chi connectivity index (χ4n) is 1.70. The first kappa shape index (κ1) is 11.5. The molecule has 1 rings (SSSR count). The summed E-state index contributed by atoms with van der Waals surface area (Å²) in [5.74, 6) is -0.0781. The Labute approximate surface area is 86.2 Å². The molecule has 3 nitrogen and oxygen atoms in total. The second kappa shape index (κ2) is 5.35. The number of hydrogen-bond donors (Lipinski definition) is 1. The molecular weight excluding hydrogens is 178 g/mol. The molecule has 0 spiro atoms. The molecule has 0 bridgehead atoms. The van der Waals surface area contributed by atoms with Gasteiger partial charge in [0.2, 0.25) is 0 Å². The molecule has 0 saturated carbocycles. The molecule has 1 unspecified atom stereocenters. The topological polar surface area (TPSA) is 38.3 Å². The summed E-state index contributed by atoms with van der Waals surface area (Å²) < 4.78 is 5.22. The zero-order chi connectivity index (χ0) is 10.4. The highest BCUT2D eigenvalue weighted by Crippen LogP contribution is 2.20. The van der Waals surface area contributed by atoms with E-state index in [9.17, 15) is 4.79 Å². The Morgan fingerprint density at radius 3 is 2.86 bits per heavy atom. The number of carbonyl (C=O) groups is 1. The van der Waals surface area contributed by atoms with Crippen LogP contribution in [0.4, 0.5) is 0 Å². The lowest BCUT2D eigenvalue weighted by molar-refractivity contribution is -0.152. The predicted molar refractivity (Wildman–Crippen MR) is 56.1 cm³/mol. The number of ether oxygens (including phenoxy) is 1. The number of hydrogen-bond acceptors (Lipinski definition) is 3. The molecule has 0 aromatic heterocycles. The molecular formula is C11H21NO2. The smallest absolute Gasteiger partial charge is 0.326 e. The van der Waals surface area contributed by atoms with Gasteiger partial charge >= 0.3 is 5.97 Å². The van der Waals surface area contributed by atoms with Crippen LogP contribution in [-0.4, -0.2) is 24.7 Å². The van der Waals surface area contributed by atoms with Crippen LogP contribution >= 0.6 is 0 Å². The van der Waals surface area contributed by atoms with E-state index in [0.29, 0.717) is 6.61 Å². The van der Waals surface area contributed by atoms with Crippen molar-refractivity contribution in [3.63, 3.8) is 0 Å². The van der Waals surface area contributed by atoms with Crippen molar-refractivity contribution in [2.75, 3.05) is 13.2 Å². The van der Waals surface area contributed by atoms with Crippen LogP contribution in [0.5, 0.6) is 0 Å². The summed E-state index contributed by atoms with van der Waals surface area (Å²) in [4.78, 5) is 11.7. The van der Waals surface area contributed by atoms with E-state index in [4.69, 9.17) is 4.74 Å². The summed E-state index contributed by atoms with van der Waals surface area (Å²) in [6.45, 7) is 5.53. The molecule has 0 aromatic rings. The highest BCUT2D eigenvalue weighted by molar-refractivity contribution is 5.80. The van der Waals surface area contributed by atoms with Crippen molar-refractivity contribution in [3.05, 3.63) is 0 Å². The summed E-state index contributed by atoms with van der Waals surface area (Å²) >= 11 is 0. The highest BCUT2D eigenvalue weighted by Gasteiger charge is 2.35. The predicted octanol–water partition coefficient (Wildman–Crippen LogP) is 1.86. The van der Waals surface area contributed by atoms with Gasteiger partial charge in [-0.3, -0.25) is 4.79 Å². The quantitative estimate of drug-likeness (QED) is 0.555. The first-order chi connectivity index (χ1) is 6.69. The minimum atomic E-state index is -0.425. The Balaban J connectivity index is 2.33. The van der Waals surface area contributed by atoms with Crippen LogP contribution in [-0.2, 0) is 9.53 Å². The van der Waals surface area contributed by atoms with Gasteiger partial charge in [-0.05, 0) is 39.2 Å². The van der Waals surface area contributed by atoms with Gasteiger partial charge in [0, 0.05) is 0 Å². The highest BCUT2D eigenvalue weighted by atomic mass is 16.5. The third-order valence-electron chi connectivity index (χ3n) is 2.80. The van der Waals surface area contributed by atoms with Crippen molar-refractivity contribution in [2.24, 2.45) is 0 Å². The Kier molecular flexibility index (Phi) is 4.39. The zero-order valence-corrected chi connectivity index (χ0v) is 9.27. The van der Waals surface area contributed by atoms with Crippen LogP contribution in [0.3, 0.4) is 0 Å². The summed E-state index contributed by atoms with van der Waals surface area (Å²) in [6, 6.07) is 0. The van der Waals surface area contributed by atoms with Crippen LogP contribution in [0.2, 0.25) is 0 Å². The van der Waals surface area contributed by atoms with Gasteiger partial charge in [-0.1, -0.05) is 13.3 Å². The lowest BCUT2D eigenvalue weighted by atomic mass is 9.91. The summed E-state index contributed by atoms with van der Waals surface area (Å²) in [7, 11) is 0. The summed E-state index contributed by atoms with van der Waals surface area (Å²) in [5.41, 5.74) is -0.425. The lowest BCUT2D eigenvalue weighted by Crippen LogP contribution is -2.53. The number of carbonyl (C=O) groups excluding carboxylic acids is 1. The van der Waals surface area contributed by atoms with Gasteiger partial charge in [-0.15, -0.1) is 0 Å². The van der Waals surface area contributed by atoms with Crippen molar-refractivity contribution < 1.29 is 9.53 Å². The number of rotatable bonds is 4. The third kappa shape index (κ3) is 2.98. The van der Waals surface area contributed by atoms with E-state index < -0.39 is 5.54 Å². The van der Waals surface area contributed by atoms with Gasteiger partial charge in [0.05, 0.1) is 6.61 Å². The maximum atomic E-state index is 11.7. The van der Waals surface area contributed by atoms with E-state index in [2.05, 4.69) is 12.2 Å². The molecule has 1 heterocycles. The van der Waals surface area contributed by atoms with Crippen molar-refractivity contribution in [3.8, 4) is 0 Å². The Hall–Kier alpha value is -0.570. The fraction of sp³-hybridized carbons (Fsp3) is 0.909. The molecule has 0 aromatic carbocycles. The van der Waals surface area contributed by atoms with Gasteiger partial charge in [0.15, 0.2) is 0 Å². The molecule has 0 aliphatic carbocycles. The molecule has 1 aliphatic heterocycles. The van der Waals surface area contributed by atoms with E-state index in [1.54, 1.807) is 0 Å². The van der Waals surface area contributed by atoms with Crippen LogP contribution < -0.4 is 5.32 Å². The lowest BCUT2D eigenvalue weighted by Gasteiger charge is -2.32. The Morgan fingerprint density at radius 1 is 1.50 bits per heavy atom. The Bertz CT molecular complexity index is 186. The molecule has 1 atom stereocenters. The molecule has 1 fully saturated rings. The second-order valence-electron chi connectivity index (χ2n) is 4.21. The normalized spacial score (nSPS) is 27.3. The van der Waals surface area contributed by atoms with Gasteiger partial charge in [-0.25, -0.2) is 0 Å². The number of piperidine rings is 1. The van der Waals surface area contributed by atoms with E-state index in [-0.39, 0.29) is 5.97 Å². The second-order valence-corrected chi connectivity index (χ2v) is 4.21. The standard InChI is InChI=1S/C11H21NO2/c1-3-4-9-14-10(13)11(2)7-5-6-8-12-11/h12H,3-9H2,1-2H3. The minimum absolute atomic E-state index is 0.0781. The van der Waals surface area contributed by atoms with Gasteiger partial charge in [-0.2, -0.15) is 0 Å². The van der Waals surface area contributed by atoms with E-state index in [1.807, 2.05) is 6.92 Å². The van der Waals surface area contributed by atoms with Crippen LogP contribution in [0, 0.1) is 0 Å². The molecule has 3 heteroatoms. The largest absolute Gasteiger partial charge is 0.464 e. The molecule has 0 radical (unpaired) electrons. The molecule has 0 amide bonds. The number of esters is 1. The molecule has 82 valence electrons. The number of nitrogens with one attached hydrogen (secondary N) is 1. The van der Waals surface area contributed by atoms with Crippen molar-refractivity contribution in [2.45, 2.75) is 51.5 Å². The molecule has 1 N–H and O–H groups in total. The fourth-order valence-corrected chi connectivity index (χ4v) is 1.70. The number of unbranched alkanes of at least 4 members (excludes halogenated alkanes) is 1. The zero-order valence-electron chi connectivity index (χ0n) is 9.27. The van der Waals surface area contributed by atoms with Crippen LogP contribution in [0.15, 0.2) is 0 Å². The third-order valence-corrected chi connectivity index (χ3v) is 2.80. The van der Waals surface area contributed by atoms with Crippen molar-refractivity contribution in [1.29, 1.82) is 0 Å². The average molecular weight is 199 g/mol. The van der Waals surface area contributed by atoms with E-state index in [0.717, 1.165) is 38.6 Å². The summed E-state index contributed by atoms with van der Waals surface area (Å²) in [5, 5.41) is 3.25. The van der Waals surface area contributed by atoms with Crippen LogP contribution in [0.25, 0.3) is 0 Å². The average Bonchev–Trinajstić information content (AvgIpc) is 2.19. The SMILES string of the molecule is CCCCOC(=O)C1(C)CCCCN1. The Morgan fingerprint density at radius 2 is 2.29 bits per heavy atom. The molecule has 14 heavy (non-hydrogen) atoms. The minimum Gasteiger partial charge on any atom is -0.464 e. The van der Waals surface area contributed by atoms with Crippen LogP contribution in [0.1, 0.15) is 46.0 Å². The van der Waals surface area contributed by atoms with Gasteiger partial charge < -0.3 is 10.1 Å². The van der Waals surface area contributed by atoms with Crippen molar-refractivity contribution >= 4 is 5.97 Å². The molecule has 1 saturated heterocycles. The maximum absolute atomic E-state index is 11.7. The van der Waals surface area contributed by atoms with E-state index >= 15 is 0 Å². The maximum Gasteiger partial charge on any atom is 0.326 e. The van der Waals surface area contributed by atoms with Gasteiger partial charge in [0.25, 0.3) is 0 Å². The van der Waals surface area contributed by atoms with Gasteiger partial charge in [0.1, 0.15) is 5.54 Å². The van der Waals surface area contributed by atoms with Crippen molar-refractivity contribution in [1.82, 2.24) is 5.32 Å². The summed E-state index contributed by atoms with van der Waals surface area (Å²) in [6.07, 6.45) is 5.21.